The van der Waals surface area contributed by atoms with Crippen molar-refractivity contribution in [2.75, 3.05) is 7.11 Å². The van der Waals surface area contributed by atoms with E-state index >= 15 is 0 Å². The highest BCUT2D eigenvalue weighted by molar-refractivity contribution is 6.58. The van der Waals surface area contributed by atoms with E-state index in [9.17, 15) is 14.8 Å². The fourth-order valence-corrected chi connectivity index (χ4v) is 2.21. The first-order valence-electron chi connectivity index (χ1n) is 6.74. The summed E-state index contributed by atoms with van der Waals surface area (Å²) in [6.45, 7) is 4.19. The third kappa shape index (κ3) is 3.20. The maximum atomic E-state index is 12.2. The van der Waals surface area contributed by atoms with Gasteiger partial charge >= 0.3 is 12.8 Å². The molecule has 0 saturated heterocycles. The zero-order valence-electron chi connectivity index (χ0n) is 12.4. The molecule has 0 fully saturated rings. The van der Waals surface area contributed by atoms with Gasteiger partial charge in [0.25, 0.3) is 0 Å². The molecule has 0 radical (unpaired) electrons. The molecule has 0 spiro atoms. The molecule has 2 rings (SSSR count). The number of hydrogen-bond donors (Lipinski definition) is 2. The molecule has 7 heteroatoms. The lowest BCUT2D eigenvalue weighted by molar-refractivity contribution is 0.407. The second-order valence-corrected chi connectivity index (χ2v) is 5.15. The van der Waals surface area contributed by atoms with Crippen LogP contribution in [0.4, 0.5) is 0 Å². The van der Waals surface area contributed by atoms with E-state index in [4.69, 9.17) is 4.74 Å². The Balaban J connectivity index is 2.38. The van der Waals surface area contributed by atoms with Gasteiger partial charge in [0.05, 0.1) is 13.7 Å². The highest BCUT2D eigenvalue weighted by atomic mass is 16.5. The van der Waals surface area contributed by atoms with Gasteiger partial charge < -0.3 is 14.8 Å². The van der Waals surface area contributed by atoms with Crippen LogP contribution in [0.3, 0.4) is 0 Å². The molecule has 1 aromatic carbocycles. The first-order chi connectivity index (χ1) is 9.93. The molecule has 21 heavy (non-hydrogen) atoms. The van der Waals surface area contributed by atoms with Crippen molar-refractivity contribution in [2.45, 2.75) is 26.4 Å². The van der Waals surface area contributed by atoms with Crippen LogP contribution in [0.15, 0.2) is 35.4 Å². The van der Waals surface area contributed by atoms with Crippen molar-refractivity contribution in [3.8, 4) is 5.75 Å². The standard InChI is InChI=1S/C14H19BN2O4/c1-10(2)17-7-6-16(14(17)18)9-11-8-12(15(19)20)4-5-13(11)21-3/h4-8,10,19-20H,9H2,1-3H3. The molecule has 112 valence electrons. The van der Waals surface area contributed by atoms with Crippen molar-refractivity contribution in [2.24, 2.45) is 0 Å². The molecule has 2 N–H and O–H groups in total. The summed E-state index contributed by atoms with van der Waals surface area (Å²) in [4.78, 5) is 12.2. The van der Waals surface area contributed by atoms with E-state index in [2.05, 4.69) is 0 Å². The highest BCUT2D eigenvalue weighted by Gasteiger charge is 2.15. The Morgan fingerprint density at radius 1 is 1.29 bits per heavy atom. The second kappa shape index (κ2) is 6.20. The molecule has 0 aliphatic heterocycles. The maximum Gasteiger partial charge on any atom is 0.488 e. The van der Waals surface area contributed by atoms with E-state index in [-0.39, 0.29) is 11.7 Å². The highest BCUT2D eigenvalue weighted by Crippen LogP contribution is 2.17. The quantitative estimate of drug-likeness (QED) is 0.758. The van der Waals surface area contributed by atoms with Gasteiger partial charge in [-0.2, -0.15) is 0 Å². The third-order valence-electron chi connectivity index (χ3n) is 3.37. The molecular weight excluding hydrogens is 271 g/mol. The Labute approximate surface area is 123 Å². The fraction of sp³-hybridized carbons (Fsp3) is 0.357. The predicted molar refractivity (Wildman–Crippen MR) is 81.0 cm³/mol. The molecule has 1 heterocycles. The summed E-state index contributed by atoms with van der Waals surface area (Å²) in [6, 6.07) is 4.96. The molecule has 0 bridgehead atoms. The molecular formula is C14H19BN2O4. The van der Waals surface area contributed by atoms with Crippen LogP contribution in [-0.4, -0.2) is 33.4 Å². The van der Waals surface area contributed by atoms with E-state index in [1.165, 1.54) is 7.11 Å². The number of nitrogens with zero attached hydrogens (tertiary/aromatic N) is 2. The fourth-order valence-electron chi connectivity index (χ4n) is 2.21. The molecule has 2 aromatic rings. The number of rotatable bonds is 5. The molecule has 0 saturated carbocycles. The summed E-state index contributed by atoms with van der Waals surface area (Å²) in [5.74, 6) is 0.601. The monoisotopic (exact) mass is 290 g/mol. The van der Waals surface area contributed by atoms with Crippen LogP contribution in [-0.2, 0) is 6.54 Å². The largest absolute Gasteiger partial charge is 0.496 e. The van der Waals surface area contributed by atoms with E-state index in [1.54, 1.807) is 39.7 Å². The number of methoxy groups -OCH3 is 1. The minimum atomic E-state index is -1.55. The van der Waals surface area contributed by atoms with Gasteiger partial charge in [0.1, 0.15) is 5.75 Å². The average molecular weight is 290 g/mol. The van der Waals surface area contributed by atoms with Gasteiger partial charge in [0, 0.05) is 24.0 Å². The van der Waals surface area contributed by atoms with Crippen LogP contribution in [0, 0.1) is 0 Å². The normalized spacial score (nSPS) is 11.0. The van der Waals surface area contributed by atoms with Gasteiger partial charge in [-0.05, 0) is 25.4 Å². The Hall–Kier alpha value is -1.99. The Morgan fingerprint density at radius 2 is 2.00 bits per heavy atom. The molecule has 0 aliphatic rings. The number of aromatic nitrogens is 2. The molecule has 6 nitrogen and oxygen atoms in total. The van der Waals surface area contributed by atoms with Gasteiger partial charge in [-0.1, -0.05) is 12.1 Å². The molecule has 0 aliphatic carbocycles. The Kier molecular flexibility index (Phi) is 4.54. The van der Waals surface area contributed by atoms with E-state index in [1.807, 2.05) is 13.8 Å². The first kappa shape index (κ1) is 15.4. The van der Waals surface area contributed by atoms with Gasteiger partial charge in [-0.25, -0.2) is 4.79 Å². The van der Waals surface area contributed by atoms with Crippen LogP contribution in [0.25, 0.3) is 0 Å². The van der Waals surface area contributed by atoms with Crippen molar-refractivity contribution >= 4 is 12.6 Å². The molecule has 0 unspecified atom stereocenters. The molecule has 0 amide bonds. The summed E-state index contributed by atoms with van der Waals surface area (Å²) in [5.41, 5.74) is 0.968. The topological polar surface area (TPSA) is 76.6 Å². The van der Waals surface area contributed by atoms with E-state index in [0.29, 0.717) is 23.3 Å². The number of imidazole rings is 1. The second-order valence-electron chi connectivity index (χ2n) is 5.15. The summed E-state index contributed by atoms with van der Waals surface area (Å²) in [6.07, 6.45) is 3.45. The smallest absolute Gasteiger partial charge is 0.488 e. The minimum absolute atomic E-state index is 0.0891. The lowest BCUT2D eigenvalue weighted by atomic mass is 9.79. The summed E-state index contributed by atoms with van der Waals surface area (Å²) >= 11 is 0. The van der Waals surface area contributed by atoms with Crippen molar-refractivity contribution in [3.63, 3.8) is 0 Å². The van der Waals surface area contributed by atoms with Crippen molar-refractivity contribution in [1.29, 1.82) is 0 Å². The van der Waals surface area contributed by atoms with Gasteiger partial charge in [0.2, 0.25) is 0 Å². The van der Waals surface area contributed by atoms with Crippen LogP contribution in [0.5, 0.6) is 5.75 Å². The number of ether oxygens (including phenoxy) is 1. The van der Waals surface area contributed by atoms with E-state index in [0.717, 1.165) is 0 Å². The average Bonchev–Trinajstić information content (AvgIpc) is 2.80. The summed E-state index contributed by atoms with van der Waals surface area (Å²) < 4.78 is 8.46. The van der Waals surface area contributed by atoms with Crippen LogP contribution in [0.1, 0.15) is 25.5 Å². The zero-order chi connectivity index (χ0) is 15.6. The molecule has 0 atom stereocenters. The maximum absolute atomic E-state index is 12.2. The number of hydrogen-bond acceptors (Lipinski definition) is 4. The van der Waals surface area contributed by atoms with Crippen molar-refractivity contribution in [1.82, 2.24) is 9.13 Å². The van der Waals surface area contributed by atoms with Crippen molar-refractivity contribution < 1.29 is 14.8 Å². The summed E-state index contributed by atoms with van der Waals surface area (Å²) in [7, 11) is -0.0118. The van der Waals surface area contributed by atoms with Crippen LogP contribution >= 0.6 is 0 Å². The third-order valence-corrected chi connectivity index (χ3v) is 3.37. The van der Waals surface area contributed by atoms with Crippen molar-refractivity contribution in [3.05, 3.63) is 46.6 Å². The van der Waals surface area contributed by atoms with Gasteiger partial charge in [0.15, 0.2) is 0 Å². The predicted octanol–water partition coefficient (Wildman–Crippen LogP) is -0.0326. The zero-order valence-corrected chi connectivity index (χ0v) is 12.4. The van der Waals surface area contributed by atoms with Gasteiger partial charge in [-0.15, -0.1) is 0 Å². The lowest BCUT2D eigenvalue weighted by Crippen LogP contribution is -2.31. The lowest BCUT2D eigenvalue weighted by Gasteiger charge is -2.11. The summed E-state index contributed by atoms with van der Waals surface area (Å²) in [5, 5.41) is 18.5. The minimum Gasteiger partial charge on any atom is -0.496 e. The molecule has 1 aromatic heterocycles. The number of benzene rings is 1. The Bertz CT molecular complexity index is 676. The van der Waals surface area contributed by atoms with Crippen LogP contribution in [0.2, 0.25) is 0 Å². The first-order valence-corrected chi connectivity index (χ1v) is 6.74. The van der Waals surface area contributed by atoms with Gasteiger partial charge in [-0.3, -0.25) is 9.13 Å². The van der Waals surface area contributed by atoms with E-state index < -0.39 is 7.12 Å². The SMILES string of the molecule is COc1ccc(B(O)O)cc1Cn1ccn(C(C)C)c1=O. The Morgan fingerprint density at radius 3 is 2.52 bits per heavy atom. The van der Waals surface area contributed by atoms with Crippen LogP contribution < -0.4 is 15.9 Å².